The van der Waals surface area contributed by atoms with Crippen LogP contribution in [0, 0.1) is 6.92 Å². The van der Waals surface area contributed by atoms with Crippen LogP contribution < -0.4 is 14.4 Å². The molecule has 106 valence electrons. The summed E-state index contributed by atoms with van der Waals surface area (Å²) >= 11 is 0. The molecule has 0 unspecified atom stereocenters. The van der Waals surface area contributed by atoms with Gasteiger partial charge < -0.3 is 18.8 Å². The molecule has 0 N–H and O–H groups in total. The lowest BCUT2D eigenvalue weighted by Gasteiger charge is -2.23. The Hall–Kier alpha value is -2.10. The third kappa shape index (κ3) is 1.92. The van der Waals surface area contributed by atoms with Crippen molar-refractivity contribution in [2.24, 2.45) is 0 Å². The van der Waals surface area contributed by atoms with E-state index < -0.39 is 0 Å². The van der Waals surface area contributed by atoms with Crippen LogP contribution in [-0.2, 0) is 0 Å². The Bertz CT molecular complexity index is 657. The van der Waals surface area contributed by atoms with Gasteiger partial charge in [0.15, 0.2) is 17.4 Å². The van der Waals surface area contributed by atoms with Gasteiger partial charge in [0.2, 0.25) is 0 Å². The van der Waals surface area contributed by atoms with E-state index >= 15 is 0 Å². The third-order valence-corrected chi connectivity index (χ3v) is 3.76. The van der Waals surface area contributed by atoms with Crippen molar-refractivity contribution in [3.05, 3.63) is 29.8 Å². The smallest absolute Gasteiger partial charge is 0.200 e. The molecule has 20 heavy (non-hydrogen) atoms. The van der Waals surface area contributed by atoms with Crippen molar-refractivity contribution < 1.29 is 13.9 Å². The summed E-state index contributed by atoms with van der Waals surface area (Å²) in [4.78, 5) is 2.25. The minimum absolute atomic E-state index is 0.731. The highest BCUT2D eigenvalue weighted by atomic mass is 16.5. The second kappa shape index (κ2) is 5.12. The van der Waals surface area contributed by atoms with Crippen LogP contribution in [0.5, 0.6) is 11.5 Å². The largest absolute Gasteiger partial charge is 0.493 e. The minimum atomic E-state index is 0.731. The predicted molar refractivity (Wildman–Crippen MR) is 80.0 cm³/mol. The first-order valence-electron chi connectivity index (χ1n) is 6.80. The Labute approximate surface area is 118 Å². The van der Waals surface area contributed by atoms with Crippen LogP contribution in [0.4, 0.5) is 5.88 Å². The molecular formula is C16H19NO3. The van der Waals surface area contributed by atoms with Crippen LogP contribution >= 0.6 is 0 Å². The molecule has 0 saturated carbocycles. The number of ether oxygens (including phenoxy) is 2. The van der Waals surface area contributed by atoms with Crippen molar-refractivity contribution in [3.8, 4) is 11.5 Å². The van der Waals surface area contributed by atoms with Gasteiger partial charge in [-0.3, -0.25) is 0 Å². The van der Waals surface area contributed by atoms with Gasteiger partial charge in [-0.15, -0.1) is 0 Å². The fraction of sp³-hybridized carbons (Fsp3) is 0.375. The first kappa shape index (κ1) is 12.9. The molecule has 1 aliphatic rings. The molecule has 1 aromatic carbocycles. The number of nitrogens with zero attached hydrogens (tertiary/aromatic N) is 1. The average Bonchev–Trinajstić information content (AvgIpc) is 2.84. The number of rotatable bonds is 3. The van der Waals surface area contributed by atoms with E-state index in [4.69, 9.17) is 13.9 Å². The highest BCUT2D eigenvalue weighted by Crippen LogP contribution is 2.42. The van der Waals surface area contributed by atoms with Crippen molar-refractivity contribution >= 4 is 16.9 Å². The summed E-state index contributed by atoms with van der Waals surface area (Å²) in [5, 5.41) is 0.997. The molecule has 0 aliphatic carbocycles. The Balaban J connectivity index is 2.16. The molecule has 0 bridgehead atoms. The fourth-order valence-electron chi connectivity index (χ4n) is 2.76. The van der Waals surface area contributed by atoms with Crippen LogP contribution in [0.3, 0.4) is 0 Å². The molecule has 0 amide bonds. The van der Waals surface area contributed by atoms with Gasteiger partial charge in [0.25, 0.3) is 0 Å². The van der Waals surface area contributed by atoms with E-state index in [2.05, 4.69) is 24.0 Å². The molecule has 2 aromatic rings. The van der Waals surface area contributed by atoms with Crippen molar-refractivity contribution in [2.75, 3.05) is 32.2 Å². The summed E-state index contributed by atoms with van der Waals surface area (Å²) in [5.41, 5.74) is 1.94. The molecule has 3 rings (SSSR count). The summed E-state index contributed by atoms with van der Waals surface area (Å²) in [6.07, 6.45) is 5.43. The zero-order chi connectivity index (χ0) is 14.1. The van der Waals surface area contributed by atoms with E-state index in [0.29, 0.717) is 0 Å². The lowest BCUT2D eigenvalue weighted by Crippen LogP contribution is -2.26. The number of hydrogen-bond acceptors (Lipinski definition) is 4. The fourth-order valence-corrected chi connectivity index (χ4v) is 2.76. The maximum Gasteiger partial charge on any atom is 0.200 e. The lowest BCUT2D eigenvalue weighted by molar-refractivity contribution is 0.358. The number of methoxy groups -OCH3 is 2. The first-order chi connectivity index (χ1) is 9.76. The number of fused-ring (bicyclic) bond motifs is 1. The van der Waals surface area contributed by atoms with Gasteiger partial charge in [-0.1, -0.05) is 12.2 Å². The van der Waals surface area contributed by atoms with E-state index in [9.17, 15) is 0 Å². The van der Waals surface area contributed by atoms with Gasteiger partial charge >= 0.3 is 0 Å². The Morgan fingerprint density at radius 1 is 1.15 bits per heavy atom. The summed E-state index contributed by atoms with van der Waals surface area (Å²) in [7, 11) is 3.31. The molecule has 0 atom stereocenters. The Morgan fingerprint density at radius 2 is 2.00 bits per heavy atom. The molecule has 1 aromatic heterocycles. The van der Waals surface area contributed by atoms with Crippen molar-refractivity contribution in [1.29, 1.82) is 0 Å². The average molecular weight is 273 g/mol. The van der Waals surface area contributed by atoms with E-state index in [1.807, 2.05) is 12.1 Å². The topological polar surface area (TPSA) is 34.8 Å². The number of aryl methyl sites for hydroxylation is 1. The summed E-state index contributed by atoms with van der Waals surface area (Å²) in [6, 6.07) is 3.82. The molecule has 0 fully saturated rings. The first-order valence-corrected chi connectivity index (χ1v) is 6.80. The highest BCUT2D eigenvalue weighted by molar-refractivity contribution is 5.93. The van der Waals surface area contributed by atoms with Crippen LogP contribution in [0.15, 0.2) is 28.7 Å². The lowest BCUT2D eigenvalue weighted by atomic mass is 10.1. The summed E-state index contributed by atoms with van der Waals surface area (Å²) in [6.45, 7) is 3.94. The van der Waals surface area contributed by atoms with Gasteiger partial charge in [-0.25, -0.2) is 0 Å². The molecular weight excluding hydrogens is 254 g/mol. The van der Waals surface area contributed by atoms with Gasteiger partial charge in [-0.2, -0.15) is 0 Å². The summed E-state index contributed by atoms with van der Waals surface area (Å²) in [5.74, 6) is 2.40. The number of anilines is 1. The van der Waals surface area contributed by atoms with E-state index in [1.165, 1.54) is 0 Å². The molecule has 4 heteroatoms. The zero-order valence-electron chi connectivity index (χ0n) is 12.1. The maximum atomic E-state index is 6.04. The van der Waals surface area contributed by atoms with Crippen molar-refractivity contribution in [3.63, 3.8) is 0 Å². The quantitative estimate of drug-likeness (QED) is 0.801. The van der Waals surface area contributed by atoms with Crippen LogP contribution in [-0.4, -0.2) is 27.3 Å². The monoisotopic (exact) mass is 273 g/mol. The SMILES string of the molecule is COc1ccc2oc(N3CC=CCC3)c(C)c2c1OC. The number of benzene rings is 1. The van der Waals surface area contributed by atoms with E-state index in [-0.39, 0.29) is 0 Å². The minimum Gasteiger partial charge on any atom is -0.493 e. The van der Waals surface area contributed by atoms with Gasteiger partial charge in [0, 0.05) is 18.7 Å². The number of hydrogen-bond donors (Lipinski definition) is 0. The molecule has 1 aliphatic heterocycles. The molecule has 0 spiro atoms. The second-order valence-electron chi connectivity index (χ2n) is 4.91. The molecule has 4 nitrogen and oxygen atoms in total. The molecule has 0 saturated heterocycles. The van der Waals surface area contributed by atoms with Gasteiger partial charge in [-0.05, 0) is 25.5 Å². The molecule has 2 heterocycles. The van der Waals surface area contributed by atoms with Crippen molar-refractivity contribution in [2.45, 2.75) is 13.3 Å². The Morgan fingerprint density at radius 3 is 2.65 bits per heavy atom. The third-order valence-electron chi connectivity index (χ3n) is 3.76. The summed E-state index contributed by atoms with van der Waals surface area (Å²) < 4.78 is 16.9. The van der Waals surface area contributed by atoms with E-state index in [1.54, 1.807) is 14.2 Å². The van der Waals surface area contributed by atoms with Crippen LogP contribution in [0.25, 0.3) is 11.0 Å². The zero-order valence-corrected chi connectivity index (χ0v) is 12.1. The van der Waals surface area contributed by atoms with E-state index in [0.717, 1.165) is 53.4 Å². The normalized spacial score (nSPS) is 14.8. The van der Waals surface area contributed by atoms with Crippen LogP contribution in [0.1, 0.15) is 12.0 Å². The molecule has 0 radical (unpaired) electrons. The van der Waals surface area contributed by atoms with Crippen molar-refractivity contribution in [1.82, 2.24) is 0 Å². The van der Waals surface area contributed by atoms with Gasteiger partial charge in [0.05, 0.1) is 19.6 Å². The predicted octanol–water partition coefficient (Wildman–Crippen LogP) is 3.52. The standard InChI is InChI=1S/C16H19NO3/c1-11-14-12(7-8-13(18-2)15(14)19-3)20-16(11)17-9-5-4-6-10-17/h4-5,7-8H,6,9-10H2,1-3H3. The maximum absolute atomic E-state index is 6.04. The van der Waals surface area contributed by atoms with Gasteiger partial charge in [0.1, 0.15) is 5.58 Å². The highest BCUT2D eigenvalue weighted by Gasteiger charge is 2.21. The second-order valence-corrected chi connectivity index (χ2v) is 4.91. The Kier molecular flexibility index (Phi) is 3.30. The van der Waals surface area contributed by atoms with Crippen LogP contribution in [0.2, 0.25) is 0 Å². The number of furan rings is 1.